The Labute approximate surface area is 374 Å². The minimum absolute atomic E-state index is 0.0389. The quantitative estimate of drug-likeness (QED) is 0.150. The van der Waals surface area contributed by atoms with Crippen molar-refractivity contribution in [3.63, 3.8) is 0 Å². The first-order valence-corrected chi connectivity index (χ1v) is 23.4. The van der Waals surface area contributed by atoms with Gasteiger partial charge in [0.2, 0.25) is 5.60 Å². The number of thioether (sulfide) groups is 1. The van der Waals surface area contributed by atoms with Gasteiger partial charge in [-0.1, -0.05) is 49.8 Å². The van der Waals surface area contributed by atoms with Crippen molar-refractivity contribution in [1.29, 1.82) is 0 Å². The summed E-state index contributed by atoms with van der Waals surface area (Å²) in [7, 11) is 7.72. The largest absolute Gasteiger partial charge is 0.468 e. The van der Waals surface area contributed by atoms with E-state index in [1.807, 2.05) is 24.9 Å². The summed E-state index contributed by atoms with van der Waals surface area (Å²) < 4.78 is 29.2. The molecular formula is C49H61N3O10S. The number of hydrogen-bond donors (Lipinski definition) is 1. The van der Waals surface area contributed by atoms with E-state index in [-0.39, 0.29) is 29.7 Å². The molecule has 1 aromatic carbocycles. The molecule has 0 aromatic heterocycles. The van der Waals surface area contributed by atoms with Crippen LogP contribution in [-0.4, -0.2) is 148 Å². The van der Waals surface area contributed by atoms with Crippen molar-refractivity contribution in [1.82, 2.24) is 14.7 Å². The second kappa shape index (κ2) is 16.0. The Morgan fingerprint density at radius 3 is 2.43 bits per heavy atom. The molecular weight excluding hydrogens is 823 g/mol. The predicted octanol–water partition coefficient (Wildman–Crippen LogP) is 4.74. The molecule has 1 N–H and O–H groups in total. The number of methoxy groups -OCH3 is 4. The van der Waals surface area contributed by atoms with Crippen molar-refractivity contribution in [3.05, 3.63) is 82.1 Å². The highest BCUT2D eigenvalue weighted by Gasteiger charge is 2.81. The monoisotopic (exact) mass is 883 g/mol. The van der Waals surface area contributed by atoms with Crippen LogP contribution in [0.4, 0.5) is 0 Å². The minimum Gasteiger partial charge on any atom is -0.468 e. The van der Waals surface area contributed by atoms with Crippen molar-refractivity contribution in [3.8, 4) is 0 Å². The predicted molar refractivity (Wildman–Crippen MR) is 236 cm³/mol. The third-order valence-corrected chi connectivity index (χ3v) is 17.1. The zero-order chi connectivity index (χ0) is 44.8. The fourth-order valence-electron chi connectivity index (χ4n) is 14.0. The van der Waals surface area contributed by atoms with Crippen molar-refractivity contribution >= 4 is 41.2 Å². The summed E-state index contributed by atoms with van der Waals surface area (Å²) in [5.74, 6) is -2.41. The first-order valence-electron chi connectivity index (χ1n) is 22.4. The molecule has 2 bridgehead atoms. The standard InChI is InChI=1S/C49H61N3O10S/c1-9-29-18-30-23-48(44(55)60-7,35-19-31-12-13-32(63-27-40(54)59-6)20-33(31)34(35)26-51(24-29)25-30)37-21-36-38(22-39(37)58-5)50(4)42-47(36)15-17-52-16-11-14-46(10-2,41(47)52)43(62-28(3)53)49(42,57)45(56)61-8/h11-14,18,20-22,30,37,39,41-43,57H,9-10,15-17,19,23-27H2,1-8H3/t30-,37?,39?,41+,42-,43-,46-,47-,48-,49+/m1/s1. The number of benzene rings is 1. The molecule has 5 aliphatic heterocycles. The van der Waals surface area contributed by atoms with Gasteiger partial charge in [-0.15, -0.1) is 11.8 Å². The van der Waals surface area contributed by atoms with Crippen LogP contribution >= 0.6 is 11.8 Å². The van der Waals surface area contributed by atoms with Crippen molar-refractivity contribution < 1.29 is 48.0 Å². The summed E-state index contributed by atoms with van der Waals surface area (Å²) in [5.41, 5.74) is 2.10. The smallest absolute Gasteiger partial charge is 0.344 e. The van der Waals surface area contributed by atoms with Gasteiger partial charge in [-0.05, 0) is 90.6 Å². The number of nitrogens with zero attached hydrogens (tertiary/aromatic N) is 3. The van der Waals surface area contributed by atoms with E-state index in [1.165, 1.54) is 45.6 Å². The van der Waals surface area contributed by atoms with Gasteiger partial charge >= 0.3 is 23.9 Å². The van der Waals surface area contributed by atoms with Crippen LogP contribution in [0.3, 0.4) is 0 Å². The number of likely N-dealkylation sites (tertiary alicyclic amines) is 1. The second-order valence-corrected chi connectivity index (χ2v) is 19.9. The van der Waals surface area contributed by atoms with E-state index in [1.54, 1.807) is 7.11 Å². The molecule has 63 heavy (non-hydrogen) atoms. The summed E-state index contributed by atoms with van der Waals surface area (Å²) in [6.45, 7) is 9.13. The Balaban J connectivity index is 1.29. The van der Waals surface area contributed by atoms with E-state index >= 15 is 4.79 Å². The Hall–Kier alpha value is -4.21. The minimum atomic E-state index is -2.28. The Bertz CT molecular complexity index is 2290. The Morgan fingerprint density at radius 1 is 0.968 bits per heavy atom. The van der Waals surface area contributed by atoms with Crippen LogP contribution in [0.5, 0.6) is 0 Å². The van der Waals surface area contributed by atoms with E-state index in [0.29, 0.717) is 45.3 Å². The summed E-state index contributed by atoms with van der Waals surface area (Å²) in [6, 6.07) is 5.17. The van der Waals surface area contributed by atoms with Crippen molar-refractivity contribution in [2.24, 2.45) is 28.1 Å². The number of esters is 4. The molecule has 13 nitrogen and oxygen atoms in total. The highest BCUT2D eigenvalue weighted by molar-refractivity contribution is 8.00. The fourth-order valence-corrected chi connectivity index (χ4v) is 14.7. The van der Waals surface area contributed by atoms with Gasteiger partial charge in [0, 0.05) is 80.6 Å². The highest BCUT2D eigenvalue weighted by atomic mass is 32.2. The van der Waals surface area contributed by atoms with Crippen LogP contribution < -0.4 is 0 Å². The number of ether oxygens (including phenoxy) is 5. The summed E-state index contributed by atoms with van der Waals surface area (Å²) in [6.07, 6.45) is 12.0. The van der Waals surface area contributed by atoms with E-state index in [2.05, 4.69) is 59.2 Å². The van der Waals surface area contributed by atoms with E-state index < -0.39 is 58.0 Å². The van der Waals surface area contributed by atoms with Gasteiger partial charge in [-0.25, -0.2) is 4.79 Å². The van der Waals surface area contributed by atoms with E-state index in [9.17, 15) is 19.5 Å². The highest BCUT2D eigenvalue weighted by Crippen LogP contribution is 2.70. The van der Waals surface area contributed by atoms with Gasteiger partial charge in [-0.2, -0.15) is 0 Å². The van der Waals surface area contributed by atoms with Gasteiger partial charge in [-0.3, -0.25) is 24.2 Å². The van der Waals surface area contributed by atoms with E-state index in [4.69, 9.17) is 23.7 Å². The average molecular weight is 884 g/mol. The molecule has 3 aliphatic carbocycles. The molecule has 3 fully saturated rings. The zero-order valence-electron chi connectivity index (χ0n) is 37.7. The number of carbonyl (C=O) groups is 4. The van der Waals surface area contributed by atoms with Gasteiger partial charge in [0.05, 0.1) is 44.6 Å². The van der Waals surface area contributed by atoms with Gasteiger partial charge < -0.3 is 33.7 Å². The van der Waals surface area contributed by atoms with Crippen LogP contribution in [-0.2, 0) is 49.3 Å². The number of fused-ring (bicyclic) bond motifs is 5. The van der Waals surface area contributed by atoms with Gasteiger partial charge in [0.25, 0.3) is 0 Å². The SMILES string of the molecule is CCC1=C[C@H]2CN(C1)CC1=C(Cc3ccc(SCC(=O)OC)cc31)[C@@](C(=O)OC)(C1C=C3C(=CC1OC)N(C)[C@H]1[C@@](O)(C(=O)OC)[C@H](OC(C)=O)[C@]4(CC)C=CCN5CC[C@]31[C@@H]54)C2. The summed E-state index contributed by atoms with van der Waals surface area (Å²) in [4.78, 5) is 63.1. The molecule has 14 heteroatoms. The lowest BCUT2D eigenvalue weighted by atomic mass is 9.47. The van der Waals surface area contributed by atoms with E-state index in [0.717, 1.165) is 57.9 Å². The number of carbonyl (C=O) groups excluding carboxylic acids is 4. The molecule has 1 aromatic rings. The van der Waals surface area contributed by atoms with Crippen LogP contribution in [0.25, 0.3) is 5.57 Å². The number of aliphatic hydroxyl groups is 1. The molecule has 5 heterocycles. The van der Waals surface area contributed by atoms with Crippen LogP contribution in [0.15, 0.2) is 75.9 Å². The van der Waals surface area contributed by atoms with Gasteiger partial charge in [0.15, 0.2) is 6.10 Å². The molecule has 0 amide bonds. The van der Waals surface area contributed by atoms with Crippen molar-refractivity contribution in [2.45, 2.75) is 87.7 Å². The van der Waals surface area contributed by atoms with Crippen molar-refractivity contribution in [2.75, 3.05) is 74.0 Å². The lowest BCUT2D eigenvalue weighted by Gasteiger charge is -2.63. The topological polar surface area (TPSA) is 144 Å². The number of rotatable bonds is 10. The lowest BCUT2D eigenvalue weighted by molar-refractivity contribution is -0.243. The number of allylic oxidation sites excluding steroid dienone is 1. The third kappa shape index (κ3) is 6.17. The van der Waals surface area contributed by atoms with Crippen LogP contribution in [0.1, 0.15) is 57.6 Å². The maximum absolute atomic E-state index is 15.5. The zero-order valence-corrected chi connectivity index (χ0v) is 38.5. The molecule has 0 radical (unpaired) electrons. The first-order chi connectivity index (χ1) is 30.2. The summed E-state index contributed by atoms with van der Waals surface area (Å²) in [5, 5.41) is 13.4. The van der Waals surface area contributed by atoms with Gasteiger partial charge in [0.1, 0.15) is 0 Å². The molecule has 1 spiro atoms. The molecule has 338 valence electrons. The molecule has 11 atom stereocenters. The Kier molecular flexibility index (Phi) is 11.2. The number of hydrogen-bond acceptors (Lipinski definition) is 14. The normalized spacial score (nSPS) is 37.2. The molecule has 2 saturated heterocycles. The van der Waals surface area contributed by atoms with Crippen LogP contribution in [0, 0.1) is 28.1 Å². The fraction of sp³-hybridized carbons (Fsp3) is 0.592. The summed E-state index contributed by atoms with van der Waals surface area (Å²) >= 11 is 1.43. The first kappa shape index (κ1) is 44.0. The third-order valence-electron chi connectivity index (χ3n) is 16.2. The second-order valence-electron chi connectivity index (χ2n) is 18.8. The maximum atomic E-state index is 15.5. The maximum Gasteiger partial charge on any atom is 0.344 e. The molecule has 3 unspecified atom stereocenters. The molecule has 1 saturated carbocycles. The average Bonchev–Trinajstić information content (AvgIpc) is 3.93. The lowest BCUT2D eigenvalue weighted by Crippen LogP contribution is -2.79. The molecule has 8 aliphatic rings. The molecule has 9 rings (SSSR count). The van der Waals surface area contributed by atoms with Crippen LogP contribution in [0.2, 0.25) is 0 Å². The number of likely N-dealkylation sites (N-methyl/N-ethyl adjacent to an activating group) is 1. The Morgan fingerprint density at radius 2 is 1.75 bits per heavy atom.